The summed E-state index contributed by atoms with van der Waals surface area (Å²) in [5, 5.41) is 1.43. The number of likely N-dealkylation sites (tertiary alicyclic amines) is 1. The molecule has 1 fully saturated rings. The molecule has 6 heteroatoms. The number of hydrogen-bond acceptors (Lipinski definition) is 4. The summed E-state index contributed by atoms with van der Waals surface area (Å²) in [4.78, 5) is 15.0. The third kappa shape index (κ3) is 4.52. The zero-order valence-corrected chi connectivity index (χ0v) is 14.5. The molecule has 0 saturated carbocycles. The smallest absolute Gasteiger partial charge is 0.310 e. The van der Waals surface area contributed by atoms with Crippen molar-refractivity contribution in [1.29, 1.82) is 0 Å². The number of carbonyl (C=O) groups is 1. The van der Waals surface area contributed by atoms with Crippen LogP contribution in [0, 0.1) is 11.8 Å². The van der Waals surface area contributed by atoms with Gasteiger partial charge in [-0.3, -0.25) is 4.79 Å². The summed E-state index contributed by atoms with van der Waals surface area (Å²) in [6.07, 6.45) is 0. The summed E-state index contributed by atoms with van der Waals surface area (Å²) < 4.78 is 4.85. The molecule has 2 unspecified atom stereocenters. The van der Waals surface area contributed by atoms with E-state index < -0.39 is 0 Å². The van der Waals surface area contributed by atoms with Gasteiger partial charge in [-0.1, -0.05) is 30.1 Å². The number of halogens is 2. The second-order valence-corrected chi connectivity index (χ2v) is 7.27. The predicted molar refractivity (Wildman–Crippen MR) is 88.3 cm³/mol. The molecule has 2 atom stereocenters. The Labute approximate surface area is 139 Å². The van der Waals surface area contributed by atoms with E-state index in [1.807, 2.05) is 12.1 Å². The quantitative estimate of drug-likeness (QED) is 0.598. The van der Waals surface area contributed by atoms with Crippen molar-refractivity contribution >= 4 is 40.9 Å². The lowest BCUT2D eigenvalue weighted by Crippen LogP contribution is -2.26. The number of ether oxygens (including phenoxy) is 1. The highest BCUT2D eigenvalue weighted by atomic mass is 35.5. The van der Waals surface area contributed by atoms with E-state index in [9.17, 15) is 4.79 Å². The zero-order chi connectivity index (χ0) is 15.4. The molecular formula is C15H19Cl2NO2S. The van der Waals surface area contributed by atoms with Crippen molar-refractivity contribution in [2.45, 2.75) is 11.8 Å². The molecule has 116 valence electrons. The maximum Gasteiger partial charge on any atom is 0.310 e. The molecule has 0 bridgehead atoms. The van der Waals surface area contributed by atoms with Crippen molar-refractivity contribution in [3.8, 4) is 0 Å². The Morgan fingerprint density at radius 2 is 2.19 bits per heavy atom. The second-order valence-electron chi connectivity index (χ2n) is 5.29. The highest BCUT2D eigenvalue weighted by molar-refractivity contribution is 7.99. The molecule has 2 rings (SSSR count). The van der Waals surface area contributed by atoms with E-state index >= 15 is 0 Å². The van der Waals surface area contributed by atoms with Crippen LogP contribution in [-0.2, 0) is 9.53 Å². The monoisotopic (exact) mass is 347 g/mol. The van der Waals surface area contributed by atoms with E-state index in [1.165, 1.54) is 7.11 Å². The van der Waals surface area contributed by atoms with Crippen LogP contribution in [0.2, 0.25) is 10.0 Å². The summed E-state index contributed by atoms with van der Waals surface area (Å²) in [6, 6.07) is 5.49. The number of carbonyl (C=O) groups excluding carboxylic acids is 1. The molecule has 1 aliphatic heterocycles. The van der Waals surface area contributed by atoms with Gasteiger partial charge < -0.3 is 9.64 Å². The number of rotatable bonds is 5. The lowest BCUT2D eigenvalue weighted by atomic mass is 9.99. The van der Waals surface area contributed by atoms with Crippen LogP contribution in [-0.4, -0.2) is 43.4 Å². The largest absolute Gasteiger partial charge is 0.469 e. The van der Waals surface area contributed by atoms with Gasteiger partial charge in [-0.15, -0.1) is 11.8 Å². The minimum Gasteiger partial charge on any atom is -0.469 e. The fourth-order valence-electron chi connectivity index (χ4n) is 2.58. The molecule has 1 aliphatic rings. The van der Waals surface area contributed by atoms with Gasteiger partial charge in [-0.2, -0.15) is 0 Å². The first-order valence-corrected chi connectivity index (χ1v) is 8.63. The number of hydrogen-bond donors (Lipinski definition) is 0. The number of nitrogens with zero attached hydrogens (tertiary/aromatic N) is 1. The van der Waals surface area contributed by atoms with Crippen molar-refractivity contribution < 1.29 is 9.53 Å². The SMILES string of the molecule is COC(=O)C1CN(CCSc2cc(Cl)ccc2Cl)CC1C. The van der Waals surface area contributed by atoms with Gasteiger partial charge in [-0.25, -0.2) is 0 Å². The minimum atomic E-state index is -0.101. The topological polar surface area (TPSA) is 29.5 Å². The highest BCUT2D eigenvalue weighted by Crippen LogP contribution is 2.30. The van der Waals surface area contributed by atoms with Gasteiger partial charge in [0.1, 0.15) is 0 Å². The average Bonchev–Trinajstić information content (AvgIpc) is 2.83. The van der Waals surface area contributed by atoms with Crippen LogP contribution >= 0.6 is 35.0 Å². The van der Waals surface area contributed by atoms with Crippen LogP contribution in [0.4, 0.5) is 0 Å². The van der Waals surface area contributed by atoms with Crippen LogP contribution in [0.5, 0.6) is 0 Å². The maximum atomic E-state index is 11.7. The molecular weight excluding hydrogens is 329 g/mol. The Balaban J connectivity index is 1.82. The van der Waals surface area contributed by atoms with E-state index in [0.717, 1.165) is 35.3 Å². The third-order valence-corrected chi connectivity index (χ3v) is 5.46. The van der Waals surface area contributed by atoms with Crippen LogP contribution in [0.3, 0.4) is 0 Å². The highest BCUT2D eigenvalue weighted by Gasteiger charge is 2.35. The van der Waals surface area contributed by atoms with E-state index in [4.69, 9.17) is 27.9 Å². The maximum absolute atomic E-state index is 11.7. The summed E-state index contributed by atoms with van der Waals surface area (Å²) in [5.74, 6) is 1.16. The molecule has 0 amide bonds. The minimum absolute atomic E-state index is 0.00485. The third-order valence-electron chi connectivity index (χ3n) is 3.75. The van der Waals surface area contributed by atoms with E-state index in [-0.39, 0.29) is 11.9 Å². The van der Waals surface area contributed by atoms with Gasteiger partial charge in [0.2, 0.25) is 0 Å². The fraction of sp³-hybridized carbons (Fsp3) is 0.533. The molecule has 0 N–H and O–H groups in total. The molecule has 1 aromatic rings. The lowest BCUT2D eigenvalue weighted by Gasteiger charge is -2.15. The molecule has 1 heterocycles. The molecule has 0 radical (unpaired) electrons. The van der Waals surface area contributed by atoms with Crippen LogP contribution in [0.15, 0.2) is 23.1 Å². The summed E-state index contributed by atoms with van der Waals surface area (Å²) in [5.41, 5.74) is 0. The standard InChI is InChI=1S/C15H19Cl2NO2S/c1-10-8-18(9-12(10)15(19)20-2)5-6-21-14-7-11(16)3-4-13(14)17/h3-4,7,10,12H,5-6,8-9H2,1-2H3. The van der Waals surface area contributed by atoms with E-state index in [2.05, 4.69) is 11.8 Å². The van der Waals surface area contributed by atoms with Gasteiger partial charge >= 0.3 is 5.97 Å². The number of esters is 1. The predicted octanol–water partition coefficient (Wildman–Crippen LogP) is 3.83. The molecule has 3 nitrogen and oxygen atoms in total. The Hall–Kier alpha value is -0.420. The Kier molecular flexibility index (Phi) is 6.23. The fourth-order valence-corrected chi connectivity index (χ4v) is 4.08. The zero-order valence-electron chi connectivity index (χ0n) is 12.1. The van der Waals surface area contributed by atoms with Gasteiger partial charge in [0.05, 0.1) is 18.1 Å². The normalized spacial score (nSPS) is 22.5. The summed E-state index contributed by atoms with van der Waals surface area (Å²) >= 11 is 13.8. The molecule has 0 spiro atoms. The van der Waals surface area contributed by atoms with Crippen molar-refractivity contribution in [2.24, 2.45) is 11.8 Å². The summed E-state index contributed by atoms with van der Waals surface area (Å²) in [6.45, 7) is 4.73. The van der Waals surface area contributed by atoms with Crippen molar-refractivity contribution in [1.82, 2.24) is 4.90 Å². The Morgan fingerprint density at radius 3 is 2.90 bits per heavy atom. The first-order chi connectivity index (χ1) is 10.0. The molecule has 0 aliphatic carbocycles. The lowest BCUT2D eigenvalue weighted by molar-refractivity contribution is -0.146. The first kappa shape index (κ1) is 16.9. The summed E-state index contributed by atoms with van der Waals surface area (Å²) in [7, 11) is 1.45. The Morgan fingerprint density at radius 1 is 1.43 bits per heavy atom. The Bertz CT molecular complexity index is 512. The van der Waals surface area contributed by atoms with Crippen molar-refractivity contribution in [2.75, 3.05) is 32.5 Å². The van der Waals surface area contributed by atoms with Gasteiger partial charge in [0.15, 0.2) is 0 Å². The van der Waals surface area contributed by atoms with Crippen LogP contribution < -0.4 is 0 Å². The first-order valence-electron chi connectivity index (χ1n) is 6.89. The molecule has 1 saturated heterocycles. The van der Waals surface area contributed by atoms with Gasteiger partial charge in [0.25, 0.3) is 0 Å². The van der Waals surface area contributed by atoms with Crippen LogP contribution in [0.1, 0.15) is 6.92 Å². The van der Waals surface area contributed by atoms with Gasteiger partial charge in [-0.05, 0) is 24.1 Å². The van der Waals surface area contributed by atoms with E-state index in [1.54, 1.807) is 17.8 Å². The van der Waals surface area contributed by atoms with Crippen LogP contribution in [0.25, 0.3) is 0 Å². The van der Waals surface area contributed by atoms with Crippen molar-refractivity contribution in [3.63, 3.8) is 0 Å². The molecule has 0 aromatic heterocycles. The molecule has 1 aromatic carbocycles. The van der Waals surface area contributed by atoms with E-state index in [0.29, 0.717) is 10.9 Å². The molecule has 21 heavy (non-hydrogen) atoms. The van der Waals surface area contributed by atoms with Crippen molar-refractivity contribution in [3.05, 3.63) is 28.2 Å². The number of thioether (sulfide) groups is 1. The number of methoxy groups -OCH3 is 1. The average molecular weight is 348 g/mol. The van der Waals surface area contributed by atoms with Gasteiger partial charge in [0, 0.05) is 35.3 Å². The number of benzene rings is 1. The second kappa shape index (κ2) is 7.73.